The van der Waals surface area contributed by atoms with Gasteiger partial charge in [0.1, 0.15) is 6.10 Å². The van der Waals surface area contributed by atoms with Crippen molar-refractivity contribution in [2.24, 2.45) is 5.92 Å². The first-order valence-electron chi connectivity index (χ1n) is 6.77. The van der Waals surface area contributed by atoms with E-state index in [-0.39, 0.29) is 12.0 Å². The van der Waals surface area contributed by atoms with E-state index < -0.39 is 0 Å². The molecule has 2 fully saturated rings. The van der Waals surface area contributed by atoms with Gasteiger partial charge in [-0.05, 0) is 46.8 Å². The number of hydrogen-bond donors (Lipinski definition) is 0. The number of nitrogens with zero attached hydrogens (tertiary/aromatic N) is 2. The van der Waals surface area contributed by atoms with Crippen LogP contribution in [0.15, 0.2) is 22.8 Å². The molecule has 0 radical (unpaired) electrons. The van der Waals surface area contributed by atoms with E-state index in [1.165, 1.54) is 12.8 Å². The van der Waals surface area contributed by atoms with Gasteiger partial charge in [-0.15, -0.1) is 0 Å². The van der Waals surface area contributed by atoms with E-state index in [2.05, 4.69) is 20.9 Å². The molecule has 1 saturated carbocycles. The van der Waals surface area contributed by atoms with Crippen molar-refractivity contribution in [1.82, 2.24) is 9.88 Å². The first kappa shape index (κ1) is 12.9. The summed E-state index contributed by atoms with van der Waals surface area (Å²) in [5, 5.41) is 0. The standard InChI is InChI=1S/C14H17BrN2O2/c15-12-2-1-6-16-14(12)19-11-5-7-17(9-11)13(18)8-10-3-4-10/h1-2,6,10-11H,3-5,7-9H2/t11-/m1/s1. The van der Waals surface area contributed by atoms with Crippen LogP contribution in [0.3, 0.4) is 0 Å². The maximum atomic E-state index is 12.0. The second kappa shape index (κ2) is 5.49. The molecule has 5 heteroatoms. The Labute approximate surface area is 121 Å². The predicted molar refractivity (Wildman–Crippen MR) is 74.9 cm³/mol. The Morgan fingerprint density at radius 3 is 3.05 bits per heavy atom. The van der Waals surface area contributed by atoms with Crippen LogP contribution in [0.2, 0.25) is 0 Å². The molecule has 0 unspecified atom stereocenters. The minimum Gasteiger partial charge on any atom is -0.472 e. The van der Waals surface area contributed by atoms with Crippen molar-refractivity contribution in [3.63, 3.8) is 0 Å². The van der Waals surface area contributed by atoms with Gasteiger partial charge in [0.25, 0.3) is 0 Å². The number of hydrogen-bond acceptors (Lipinski definition) is 3. The number of pyridine rings is 1. The van der Waals surface area contributed by atoms with Crippen molar-refractivity contribution in [2.45, 2.75) is 31.8 Å². The zero-order chi connectivity index (χ0) is 13.2. The summed E-state index contributed by atoms with van der Waals surface area (Å²) in [5.41, 5.74) is 0. The Bertz CT molecular complexity index is 476. The molecule has 2 aliphatic rings. The summed E-state index contributed by atoms with van der Waals surface area (Å²) in [6, 6.07) is 3.77. The highest BCUT2D eigenvalue weighted by Crippen LogP contribution is 2.33. The molecule has 0 spiro atoms. The number of aromatic nitrogens is 1. The van der Waals surface area contributed by atoms with Crippen LogP contribution in [0.5, 0.6) is 5.88 Å². The maximum absolute atomic E-state index is 12.0. The highest BCUT2D eigenvalue weighted by atomic mass is 79.9. The Morgan fingerprint density at radius 2 is 2.32 bits per heavy atom. The van der Waals surface area contributed by atoms with Gasteiger partial charge in [-0.3, -0.25) is 4.79 Å². The largest absolute Gasteiger partial charge is 0.472 e. The number of likely N-dealkylation sites (tertiary alicyclic amines) is 1. The number of amides is 1. The number of carbonyl (C=O) groups is 1. The lowest BCUT2D eigenvalue weighted by molar-refractivity contribution is -0.130. The molecular weight excluding hydrogens is 308 g/mol. The molecule has 102 valence electrons. The van der Waals surface area contributed by atoms with E-state index in [9.17, 15) is 4.79 Å². The second-order valence-electron chi connectivity index (χ2n) is 5.31. The molecule has 1 aromatic rings. The zero-order valence-electron chi connectivity index (χ0n) is 10.7. The topological polar surface area (TPSA) is 42.4 Å². The molecule has 1 atom stereocenters. The third kappa shape index (κ3) is 3.26. The molecule has 1 saturated heterocycles. The Hall–Kier alpha value is -1.10. The first-order chi connectivity index (χ1) is 9.22. The fourth-order valence-electron chi connectivity index (χ4n) is 2.36. The highest BCUT2D eigenvalue weighted by molar-refractivity contribution is 9.10. The molecule has 0 bridgehead atoms. The lowest BCUT2D eigenvalue weighted by atomic mass is 10.2. The average molecular weight is 325 g/mol. The van der Waals surface area contributed by atoms with Gasteiger partial charge in [-0.2, -0.15) is 0 Å². The van der Waals surface area contributed by atoms with Gasteiger partial charge >= 0.3 is 0 Å². The van der Waals surface area contributed by atoms with Crippen LogP contribution in [0.4, 0.5) is 0 Å². The zero-order valence-corrected chi connectivity index (χ0v) is 12.3. The van der Waals surface area contributed by atoms with Gasteiger partial charge in [0.2, 0.25) is 11.8 Å². The van der Waals surface area contributed by atoms with E-state index in [1.54, 1.807) is 6.20 Å². The van der Waals surface area contributed by atoms with Crippen molar-refractivity contribution < 1.29 is 9.53 Å². The van der Waals surface area contributed by atoms with Crippen LogP contribution in [0.1, 0.15) is 25.7 Å². The van der Waals surface area contributed by atoms with Gasteiger partial charge in [0.05, 0.1) is 11.0 Å². The molecule has 0 N–H and O–H groups in total. The van der Waals surface area contributed by atoms with Gasteiger partial charge in [-0.25, -0.2) is 4.98 Å². The molecule has 1 aliphatic heterocycles. The van der Waals surface area contributed by atoms with Crippen LogP contribution in [-0.4, -0.2) is 35.0 Å². The predicted octanol–water partition coefficient (Wildman–Crippen LogP) is 2.62. The summed E-state index contributed by atoms with van der Waals surface area (Å²) in [6.07, 6.45) is 5.83. The van der Waals surface area contributed by atoms with Crippen molar-refractivity contribution in [1.29, 1.82) is 0 Å². The lowest BCUT2D eigenvalue weighted by Gasteiger charge is -2.17. The first-order valence-corrected chi connectivity index (χ1v) is 7.56. The molecule has 2 heterocycles. The van der Waals surface area contributed by atoms with Crippen LogP contribution in [0, 0.1) is 5.92 Å². The second-order valence-corrected chi connectivity index (χ2v) is 6.16. The summed E-state index contributed by atoms with van der Waals surface area (Å²) in [4.78, 5) is 18.1. The lowest BCUT2D eigenvalue weighted by Crippen LogP contribution is -2.31. The van der Waals surface area contributed by atoms with Crippen LogP contribution in [0.25, 0.3) is 0 Å². The quantitative estimate of drug-likeness (QED) is 0.855. The van der Waals surface area contributed by atoms with E-state index >= 15 is 0 Å². The summed E-state index contributed by atoms with van der Waals surface area (Å²) in [7, 11) is 0. The van der Waals surface area contributed by atoms with E-state index in [0.717, 1.165) is 23.9 Å². The fourth-order valence-corrected chi connectivity index (χ4v) is 2.71. The van der Waals surface area contributed by atoms with Crippen molar-refractivity contribution in [2.75, 3.05) is 13.1 Å². The highest BCUT2D eigenvalue weighted by Gasteiger charge is 2.32. The maximum Gasteiger partial charge on any atom is 0.228 e. The molecule has 0 aromatic carbocycles. The Kier molecular flexibility index (Phi) is 3.73. The van der Waals surface area contributed by atoms with Crippen LogP contribution in [-0.2, 0) is 4.79 Å². The molecule has 3 rings (SSSR count). The number of halogens is 1. The average Bonchev–Trinajstić information content (AvgIpc) is 3.08. The number of rotatable bonds is 4. The number of carbonyl (C=O) groups excluding carboxylic acids is 1. The van der Waals surface area contributed by atoms with Gasteiger partial charge in [0.15, 0.2) is 0 Å². The molecular formula is C14H17BrN2O2. The summed E-state index contributed by atoms with van der Waals surface area (Å²) < 4.78 is 6.71. The molecule has 4 nitrogen and oxygen atoms in total. The van der Waals surface area contributed by atoms with Crippen LogP contribution < -0.4 is 4.74 Å². The third-order valence-corrected chi connectivity index (χ3v) is 4.26. The summed E-state index contributed by atoms with van der Waals surface area (Å²) in [6.45, 7) is 1.50. The Morgan fingerprint density at radius 1 is 1.47 bits per heavy atom. The van der Waals surface area contributed by atoms with E-state index in [1.807, 2.05) is 17.0 Å². The minimum atomic E-state index is 0.0642. The SMILES string of the molecule is O=C(CC1CC1)N1CC[C@@H](Oc2ncccc2Br)C1. The van der Waals surface area contributed by atoms with Crippen LogP contribution >= 0.6 is 15.9 Å². The van der Waals surface area contributed by atoms with Gasteiger partial charge < -0.3 is 9.64 Å². The van der Waals surface area contributed by atoms with Crippen molar-refractivity contribution >= 4 is 21.8 Å². The van der Waals surface area contributed by atoms with E-state index in [4.69, 9.17) is 4.74 Å². The van der Waals surface area contributed by atoms with Crippen molar-refractivity contribution in [3.05, 3.63) is 22.8 Å². The third-order valence-electron chi connectivity index (χ3n) is 3.66. The van der Waals surface area contributed by atoms with E-state index in [0.29, 0.717) is 18.3 Å². The minimum absolute atomic E-state index is 0.0642. The summed E-state index contributed by atoms with van der Waals surface area (Å²) in [5.74, 6) is 1.55. The molecule has 1 aliphatic carbocycles. The monoisotopic (exact) mass is 324 g/mol. The summed E-state index contributed by atoms with van der Waals surface area (Å²) >= 11 is 3.42. The number of ether oxygens (including phenoxy) is 1. The molecule has 19 heavy (non-hydrogen) atoms. The molecule has 1 amide bonds. The molecule has 1 aromatic heterocycles. The Balaban J connectivity index is 1.54. The van der Waals surface area contributed by atoms with Gasteiger partial charge in [-0.1, -0.05) is 0 Å². The fraction of sp³-hybridized carbons (Fsp3) is 0.571. The normalized spacial score (nSPS) is 22.6. The van der Waals surface area contributed by atoms with Crippen molar-refractivity contribution in [3.8, 4) is 5.88 Å². The smallest absolute Gasteiger partial charge is 0.228 e. The van der Waals surface area contributed by atoms with Gasteiger partial charge in [0, 0.05) is 25.6 Å².